The van der Waals surface area contributed by atoms with E-state index < -0.39 is 24.1 Å². The van der Waals surface area contributed by atoms with Crippen molar-refractivity contribution < 1.29 is 19.8 Å². The first-order valence-corrected chi connectivity index (χ1v) is 5.90. The number of nitrogens with zero attached hydrogens (tertiary/aromatic N) is 3. The molecular formula is C11H16N4O4. The quantitative estimate of drug-likeness (QED) is 0.662. The number of likely N-dealkylation sites (tertiary alicyclic amines) is 1. The minimum Gasteiger partial charge on any atom is -0.480 e. The van der Waals surface area contributed by atoms with Crippen molar-refractivity contribution in [1.29, 1.82) is 0 Å². The molecule has 1 unspecified atom stereocenters. The second kappa shape index (κ2) is 5.27. The van der Waals surface area contributed by atoms with E-state index in [1.54, 1.807) is 24.0 Å². The van der Waals surface area contributed by atoms with E-state index in [1.165, 1.54) is 0 Å². The number of hydrogen-bond acceptors (Lipinski definition) is 4. The zero-order chi connectivity index (χ0) is 14.0. The number of hydrogen-bond donors (Lipinski definition) is 3. The van der Waals surface area contributed by atoms with Crippen LogP contribution in [-0.4, -0.2) is 55.4 Å². The van der Waals surface area contributed by atoms with Gasteiger partial charge in [0.25, 0.3) is 0 Å². The molecule has 1 aromatic rings. The molecule has 104 valence electrons. The van der Waals surface area contributed by atoms with Crippen molar-refractivity contribution >= 4 is 12.0 Å². The van der Waals surface area contributed by atoms with Gasteiger partial charge in [-0.3, -0.25) is 0 Å². The molecule has 3 N–H and O–H groups in total. The molecule has 1 saturated heterocycles. The third-order valence-electron chi connectivity index (χ3n) is 3.14. The predicted molar refractivity (Wildman–Crippen MR) is 64.2 cm³/mol. The zero-order valence-electron chi connectivity index (χ0n) is 10.5. The summed E-state index contributed by atoms with van der Waals surface area (Å²) in [7, 11) is 1.80. The normalized spacial score (nSPS) is 22.5. The van der Waals surface area contributed by atoms with Crippen LogP contribution in [0.3, 0.4) is 0 Å². The Morgan fingerprint density at radius 2 is 2.32 bits per heavy atom. The van der Waals surface area contributed by atoms with Gasteiger partial charge in [0.05, 0.1) is 12.6 Å². The maximum atomic E-state index is 11.9. The highest BCUT2D eigenvalue weighted by Crippen LogP contribution is 2.18. The molecule has 0 saturated carbocycles. The Hall–Kier alpha value is -2.09. The summed E-state index contributed by atoms with van der Waals surface area (Å²) in [5.41, 5.74) is 0. The molecule has 1 aromatic heterocycles. The lowest BCUT2D eigenvalue weighted by molar-refractivity contribution is -0.141. The van der Waals surface area contributed by atoms with E-state index in [1.807, 2.05) is 0 Å². The van der Waals surface area contributed by atoms with Crippen LogP contribution in [0.25, 0.3) is 0 Å². The fraction of sp³-hybridized carbons (Fsp3) is 0.545. The summed E-state index contributed by atoms with van der Waals surface area (Å²) < 4.78 is 1.76. The van der Waals surface area contributed by atoms with Crippen LogP contribution in [0.5, 0.6) is 0 Å². The standard InChI is InChI=1S/C11H16N4O4/c1-14-3-2-12-9(14)5-13-11(19)15-6-7(16)4-8(15)10(17)18/h2-3,7-8,16H,4-6H2,1H3,(H,13,19)(H,17,18)/t7?,8-/m0/s1. The Bertz CT molecular complexity index is 487. The second-order valence-corrected chi connectivity index (χ2v) is 4.51. The number of aliphatic carboxylic acids is 1. The second-order valence-electron chi connectivity index (χ2n) is 4.51. The minimum absolute atomic E-state index is 0.0311. The largest absolute Gasteiger partial charge is 0.480 e. The number of aliphatic hydroxyl groups is 1. The number of β-amino-alcohol motifs (C(OH)–C–C–N with tert-alkyl or cyclic N) is 1. The Labute approximate surface area is 109 Å². The van der Waals surface area contributed by atoms with Gasteiger partial charge in [0.2, 0.25) is 0 Å². The number of aliphatic hydroxyl groups excluding tert-OH is 1. The third-order valence-corrected chi connectivity index (χ3v) is 3.14. The van der Waals surface area contributed by atoms with Crippen LogP contribution in [0.1, 0.15) is 12.2 Å². The van der Waals surface area contributed by atoms with Gasteiger partial charge in [-0.1, -0.05) is 0 Å². The maximum absolute atomic E-state index is 11.9. The van der Waals surface area contributed by atoms with Crippen LogP contribution in [0.2, 0.25) is 0 Å². The summed E-state index contributed by atoms with van der Waals surface area (Å²) in [6, 6.07) is -1.48. The summed E-state index contributed by atoms with van der Waals surface area (Å²) in [6.45, 7) is 0.241. The summed E-state index contributed by atoms with van der Waals surface area (Å²) in [6.07, 6.45) is 2.63. The zero-order valence-corrected chi connectivity index (χ0v) is 10.5. The Morgan fingerprint density at radius 1 is 1.58 bits per heavy atom. The molecule has 0 radical (unpaired) electrons. The van der Waals surface area contributed by atoms with Gasteiger partial charge in [-0.15, -0.1) is 0 Å². The van der Waals surface area contributed by atoms with Gasteiger partial charge in [-0.05, 0) is 0 Å². The molecule has 8 heteroatoms. The third kappa shape index (κ3) is 2.84. The topological polar surface area (TPSA) is 108 Å². The van der Waals surface area contributed by atoms with Crippen LogP contribution >= 0.6 is 0 Å². The highest BCUT2D eigenvalue weighted by atomic mass is 16.4. The lowest BCUT2D eigenvalue weighted by Gasteiger charge is -2.21. The van der Waals surface area contributed by atoms with Crippen molar-refractivity contribution in [3.05, 3.63) is 18.2 Å². The van der Waals surface area contributed by atoms with Gasteiger partial charge in [0.15, 0.2) is 0 Å². The van der Waals surface area contributed by atoms with Crippen molar-refractivity contribution in [2.24, 2.45) is 7.05 Å². The summed E-state index contributed by atoms with van der Waals surface area (Å²) in [5, 5.41) is 21.1. The van der Waals surface area contributed by atoms with E-state index in [9.17, 15) is 14.7 Å². The molecule has 0 bridgehead atoms. The lowest BCUT2D eigenvalue weighted by atomic mass is 10.2. The number of nitrogens with one attached hydrogen (secondary N) is 1. The number of rotatable bonds is 3. The molecule has 2 amide bonds. The number of urea groups is 1. The summed E-state index contributed by atoms with van der Waals surface area (Å²) in [5.74, 6) is -0.441. The number of aromatic nitrogens is 2. The number of carbonyl (C=O) groups is 2. The van der Waals surface area contributed by atoms with E-state index in [4.69, 9.17) is 5.11 Å². The van der Waals surface area contributed by atoms with Crippen molar-refractivity contribution in [3.63, 3.8) is 0 Å². The fourth-order valence-corrected chi connectivity index (χ4v) is 2.10. The SMILES string of the molecule is Cn1ccnc1CNC(=O)N1CC(O)C[C@H]1C(=O)O. The number of carboxylic acids is 1. The van der Waals surface area contributed by atoms with Crippen LogP contribution in [0, 0.1) is 0 Å². The Morgan fingerprint density at radius 3 is 2.89 bits per heavy atom. The van der Waals surface area contributed by atoms with Crippen molar-refractivity contribution in [2.45, 2.75) is 25.1 Å². The number of carboxylic acid groups (broad SMARTS) is 1. The first-order valence-electron chi connectivity index (χ1n) is 5.90. The van der Waals surface area contributed by atoms with Gasteiger partial charge in [-0.25, -0.2) is 14.6 Å². The van der Waals surface area contributed by atoms with Crippen LogP contribution < -0.4 is 5.32 Å². The van der Waals surface area contributed by atoms with Crippen LogP contribution in [0.4, 0.5) is 4.79 Å². The molecule has 1 aliphatic heterocycles. The van der Waals surface area contributed by atoms with Crippen LogP contribution in [0.15, 0.2) is 12.4 Å². The fourth-order valence-electron chi connectivity index (χ4n) is 2.10. The molecule has 2 atom stereocenters. The van der Waals surface area contributed by atoms with E-state index in [-0.39, 0.29) is 19.5 Å². The first-order chi connectivity index (χ1) is 8.99. The maximum Gasteiger partial charge on any atom is 0.326 e. The molecule has 1 fully saturated rings. The average molecular weight is 268 g/mol. The van der Waals surface area contributed by atoms with Gasteiger partial charge in [0.1, 0.15) is 11.9 Å². The molecule has 0 aromatic carbocycles. The number of amides is 2. The highest BCUT2D eigenvalue weighted by molar-refractivity contribution is 5.83. The molecule has 1 aliphatic rings. The molecule has 19 heavy (non-hydrogen) atoms. The van der Waals surface area contributed by atoms with Crippen molar-refractivity contribution in [3.8, 4) is 0 Å². The monoisotopic (exact) mass is 268 g/mol. The summed E-state index contributed by atoms with van der Waals surface area (Å²) >= 11 is 0. The summed E-state index contributed by atoms with van der Waals surface area (Å²) in [4.78, 5) is 28.1. The average Bonchev–Trinajstić information content (AvgIpc) is 2.92. The molecule has 0 spiro atoms. The van der Waals surface area contributed by atoms with E-state index in [2.05, 4.69) is 10.3 Å². The molecule has 0 aliphatic carbocycles. The minimum atomic E-state index is -1.11. The van der Waals surface area contributed by atoms with Crippen LogP contribution in [-0.2, 0) is 18.4 Å². The Kier molecular flexibility index (Phi) is 3.70. The predicted octanol–water partition coefficient (Wildman–Crippen LogP) is -0.850. The number of aryl methyl sites for hydroxylation is 1. The smallest absolute Gasteiger partial charge is 0.326 e. The van der Waals surface area contributed by atoms with Gasteiger partial charge in [0, 0.05) is 32.4 Å². The highest BCUT2D eigenvalue weighted by Gasteiger charge is 2.38. The Balaban J connectivity index is 1.96. The van der Waals surface area contributed by atoms with E-state index in [0.717, 1.165) is 4.90 Å². The van der Waals surface area contributed by atoms with E-state index >= 15 is 0 Å². The van der Waals surface area contributed by atoms with Gasteiger partial charge < -0.3 is 25.0 Å². The first kappa shape index (κ1) is 13.3. The number of carbonyl (C=O) groups excluding carboxylic acids is 1. The lowest BCUT2D eigenvalue weighted by Crippen LogP contribution is -2.46. The molecule has 2 heterocycles. The van der Waals surface area contributed by atoms with Crippen molar-refractivity contribution in [1.82, 2.24) is 19.8 Å². The van der Waals surface area contributed by atoms with Gasteiger partial charge in [-0.2, -0.15) is 0 Å². The molecule has 2 rings (SSSR count). The number of imidazole rings is 1. The molecular weight excluding hydrogens is 252 g/mol. The van der Waals surface area contributed by atoms with E-state index in [0.29, 0.717) is 5.82 Å². The van der Waals surface area contributed by atoms with Crippen molar-refractivity contribution in [2.75, 3.05) is 6.54 Å². The van der Waals surface area contributed by atoms with Gasteiger partial charge >= 0.3 is 12.0 Å². The molecule has 8 nitrogen and oxygen atoms in total.